The van der Waals surface area contributed by atoms with E-state index in [0.717, 1.165) is 0 Å². The molecule has 2 rings (SSSR count). The molecule has 208 valence electrons. The zero-order valence-electron chi connectivity index (χ0n) is 20.1. The molecule has 8 nitrogen and oxygen atoms in total. The molecule has 0 aromatic heterocycles. The largest absolute Gasteiger partial charge is 0.556 e. The molecular formula is C18H38F6N4O4S2. The Bertz CT molecular complexity index is 709. The first-order valence-corrected chi connectivity index (χ1v) is 13.8. The number of rotatable bonds is 4. The van der Waals surface area contributed by atoms with Gasteiger partial charge in [0.15, 0.2) is 20.0 Å². The molecule has 0 spiro atoms. The van der Waals surface area contributed by atoms with Crippen molar-refractivity contribution in [3.8, 4) is 0 Å². The summed E-state index contributed by atoms with van der Waals surface area (Å²) in [5.74, 6) is 0. The number of quaternary nitrogens is 2. The molecule has 2 aliphatic heterocycles. The van der Waals surface area contributed by atoms with Crippen molar-refractivity contribution < 1.29 is 52.1 Å². The Labute approximate surface area is 199 Å². The van der Waals surface area contributed by atoms with E-state index in [1.807, 2.05) is 0 Å². The summed E-state index contributed by atoms with van der Waals surface area (Å²) >= 11 is 0. The number of alkyl halides is 6. The van der Waals surface area contributed by atoms with Gasteiger partial charge >= 0.3 is 11.0 Å². The van der Waals surface area contributed by atoms with Crippen LogP contribution in [0.2, 0.25) is 0 Å². The Balaban J connectivity index is 0. The number of likely N-dealkylation sites (tertiary alicyclic amines) is 2. The molecule has 0 aliphatic carbocycles. The Morgan fingerprint density at radius 1 is 0.618 bits per heavy atom. The van der Waals surface area contributed by atoms with Crippen LogP contribution in [0.5, 0.6) is 0 Å². The third-order valence-electron chi connectivity index (χ3n) is 5.43. The standard InChI is InChI=1S/2C8H18N.2CHF3NO2S/c2*1-3-6-9(2)7-4-5-8-9;2*2-1(3,4)8(5,6)7/h2*3-8H2,1-2H3;2*(H-,5,6,7)/q2*+1;2*-1. The van der Waals surface area contributed by atoms with Gasteiger partial charge in [-0.2, -0.15) is 26.3 Å². The monoisotopic (exact) mass is 552 g/mol. The molecule has 0 aromatic rings. The second-order valence-electron chi connectivity index (χ2n) is 8.89. The summed E-state index contributed by atoms with van der Waals surface area (Å²) in [4.78, 5) is 0. The molecule has 0 bridgehead atoms. The van der Waals surface area contributed by atoms with Crippen molar-refractivity contribution in [1.29, 1.82) is 0 Å². The van der Waals surface area contributed by atoms with E-state index in [2.05, 4.69) is 27.9 Å². The van der Waals surface area contributed by atoms with Crippen molar-refractivity contribution in [1.82, 2.24) is 0 Å². The normalized spacial score (nSPS) is 19.6. The van der Waals surface area contributed by atoms with E-state index < -0.39 is 31.1 Å². The van der Waals surface area contributed by atoms with Crippen LogP contribution in [-0.4, -0.2) is 90.2 Å². The van der Waals surface area contributed by atoms with Crippen LogP contribution in [0.25, 0.3) is 10.3 Å². The number of nitrogens with zero attached hydrogens (tertiary/aromatic N) is 2. The molecular weight excluding hydrogens is 514 g/mol. The van der Waals surface area contributed by atoms with Crippen molar-refractivity contribution in [2.75, 3.05) is 53.4 Å². The summed E-state index contributed by atoms with van der Waals surface area (Å²) in [7, 11) is -6.41. The minimum atomic E-state index is -5.59. The van der Waals surface area contributed by atoms with Gasteiger partial charge in [0, 0.05) is 25.7 Å². The Morgan fingerprint density at radius 2 is 0.794 bits per heavy atom. The average Bonchev–Trinajstić information content (AvgIpc) is 3.22. The minimum absolute atomic E-state index is 1.34. The molecule has 0 atom stereocenters. The molecule has 0 aromatic carbocycles. The van der Waals surface area contributed by atoms with Crippen molar-refractivity contribution in [2.45, 2.75) is 63.4 Å². The van der Waals surface area contributed by atoms with Crippen LogP contribution in [0.3, 0.4) is 0 Å². The Hall–Kier alpha value is -0.680. The maximum atomic E-state index is 10.8. The van der Waals surface area contributed by atoms with E-state index in [0.29, 0.717) is 0 Å². The number of hydrogen-bond donors (Lipinski definition) is 0. The maximum absolute atomic E-state index is 10.8. The topological polar surface area (TPSA) is 116 Å². The zero-order valence-corrected chi connectivity index (χ0v) is 21.7. The molecule has 2 fully saturated rings. The summed E-state index contributed by atoms with van der Waals surface area (Å²) in [6.07, 6.45) is 8.51. The highest BCUT2D eigenvalue weighted by Crippen LogP contribution is 2.23. The summed E-state index contributed by atoms with van der Waals surface area (Å²) in [6.45, 7) is 13.0. The van der Waals surface area contributed by atoms with E-state index in [9.17, 15) is 43.2 Å². The fourth-order valence-corrected chi connectivity index (χ4v) is 3.72. The fraction of sp³-hybridized carbons (Fsp3) is 1.00. The van der Waals surface area contributed by atoms with Gasteiger partial charge in [0.05, 0.1) is 53.4 Å². The summed E-state index contributed by atoms with van der Waals surface area (Å²) < 4.78 is 104. The quantitative estimate of drug-likeness (QED) is 0.358. The molecule has 0 saturated carbocycles. The van der Waals surface area contributed by atoms with Gasteiger partial charge in [-0.15, -0.1) is 0 Å². The van der Waals surface area contributed by atoms with Gasteiger partial charge in [-0.3, -0.25) is 0 Å². The molecule has 16 heteroatoms. The van der Waals surface area contributed by atoms with Crippen LogP contribution in [0.15, 0.2) is 0 Å². The number of nitrogens with one attached hydrogen (secondary N) is 2. The molecule has 0 amide bonds. The molecule has 0 unspecified atom stereocenters. The van der Waals surface area contributed by atoms with Crippen molar-refractivity contribution in [3.05, 3.63) is 10.3 Å². The molecule has 34 heavy (non-hydrogen) atoms. The van der Waals surface area contributed by atoms with Crippen LogP contribution in [0.4, 0.5) is 26.3 Å². The highest BCUT2D eigenvalue weighted by Gasteiger charge is 2.37. The summed E-state index contributed by atoms with van der Waals surface area (Å²) in [5.41, 5.74) is -10.8. The lowest BCUT2D eigenvalue weighted by molar-refractivity contribution is -0.897. The average molecular weight is 553 g/mol. The van der Waals surface area contributed by atoms with Gasteiger partial charge in [0.2, 0.25) is 0 Å². The Morgan fingerprint density at radius 3 is 0.912 bits per heavy atom. The SMILES string of the molecule is CCC[N+]1(C)CCCC1.CCC[N+]1(C)CCCC1.[NH-]S(=O)(=O)C(F)(F)F.[NH-]S(=O)(=O)C(F)(F)F. The third-order valence-corrected chi connectivity index (χ3v) is 6.65. The smallest absolute Gasteiger partial charge is 0.479 e. The predicted octanol–water partition coefficient (Wildman–Crippen LogP) is 5.05. The van der Waals surface area contributed by atoms with E-state index in [1.165, 1.54) is 86.8 Å². The van der Waals surface area contributed by atoms with Crippen molar-refractivity contribution in [3.63, 3.8) is 0 Å². The van der Waals surface area contributed by atoms with E-state index >= 15 is 0 Å². The number of hydrogen-bond acceptors (Lipinski definition) is 4. The molecule has 2 heterocycles. The second-order valence-corrected chi connectivity index (χ2v) is 11.8. The third kappa shape index (κ3) is 15.3. The molecule has 2 saturated heterocycles. The summed E-state index contributed by atoms with van der Waals surface area (Å²) in [5, 5.41) is 10.9. The first-order chi connectivity index (χ1) is 15.0. The Kier molecular flexibility index (Phi) is 14.8. The van der Waals surface area contributed by atoms with Gasteiger partial charge in [0.1, 0.15) is 0 Å². The van der Waals surface area contributed by atoms with E-state index in [-0.39, 0.29) is 0 Å². The minimum Gasteiger partial charge on any atom is -0.556 e. The van der Waals surface area contributed by atoms with E-state index in [1.54, 1.807) is 0 Å². The van der Waals surface area contributed by atoms with Gasteiger partial charge < -0.3 is 19.2 Å². The number of halogens is 6. The second kappa shape index (κ2) is 14.2. The van der Waals surface area contributed by atoms with Crippen LogP contribution in [0, 0.1) is 0 Å². The van der Waals surface area contributed by atoms with E-state index in [4.69, 9.17) is 10.3 Å². The molecule has 2 aliphatic rings. The van der Waals surface area contributed by atoms with Crippen molar-refractivity contribution >= 4 is 20.0 Å². The zero-order chi connectivity index (χ0) is 27.5. The first-order valence-electron chi connectivity index (χ1n) is 10.8. The van der Waals surface area contributed by atoms with Crippen molar-refractivity contribution in [2.24, 2.45) is 0 Å². The van der Waals surface area contributed by atoms with Crippen LogP contribution in [-0.2, 0) is 20.0 Å². The van der Waals surface area contributed by atoms with Crippen LogP contribution < -0.4 is 0 Å². The lowest BCUT2D eigenvalue weighted by Gasteiger charge is -2.28. The number of sulfonamides is 2. The van der Waals surface area contributed by atoms with Gasteiger partial charge in [-0.1, -0.05) is 13.8 Å². The van der Waals surface area contributed by atoms with Gasteiger partial charge in [-0.05, 0) is 12.8 Å². The van der Waals surface area contributed by atoms with Gasteiger partial charge in [0.25, 0.3) is 0 Å². The molecule has 2 N–H and O–H groups in total. The highest BCUT2D eigenvalue weighted by atomic mass is 32.2. The van der Waals surface area contributed by atoms with Crippen LogP contribution in [0.1, 0.15) is 52.4 Å². The lowest BCUT2D eigenvalue weighted by atomic mass is 10.4. The first kappa shape index (κ1) is 35.5. The summed E-state index contributed by atoms with van der Waals surface area (Å²) in [6, 6.07) is 0. The fourth-order valence-electron chi connectivity index (χ4n) is 3.72. The lowest BCUT2D eigenvalue weighted by Crippen LogP contribution is -2.41. The maximum Gasteiger partial charge on any atom is 0.479 e. The van der Waals surface area contributed by atoms with Crippen LogP contribution >= 0.6 is 0 Å². The predicted molar refractivity (Wildman–Crippen MR) is 119 cm³/mol. The van der Waals surface area contributed by atoms with Gasteiger partial charge in [-0.25, -0.2) is 16.8 Å². The highest BCUT2D eigenvalue weighted by molar-refractivity contribution is 7.94. The molecule has 0 radical (unpaired) electrons.